The first kappa shape index (κ1) is 21.2. The van der Waals surface area contributed by atoms with Crippen molar-refractivity contribution in [3.8, 4) is 11.1 Å². The highest BCUT2D eigenvalue weighted by atomic mass is 19.1. The van der Waals surface area contributed by atoms with Crippen molar-refractivity contribution in [1.82, 2.24) is 4.98 Å². The number of aliphatic hydroxyl groups excluding tert-OH is 2. The number of benzene rings is 2. The number of hydrogen-bond acceptors (Lipinski definition) is 4. The van der Waals surface area contributed by atoms with Gasteiger partial charge in [-0.25, -0.2) is 4.39 Å². The molecule has 6 heteroatoms. The van der Waals surface area contributed by atoms with Crippen LogP contribution in [0.2, 0.25) is 0 Å². The number of para-hydroxylation sites is 1. The number of halogens is 1. The lowest BCUT2D eigenvalue weighted by Gasteiger charge is -2.16. The predicted octanol–water partition coefficient (Wildman–Crippen LogP) is 4.52. The van der Waals surface area contributed by atoms with Crippen LogP contribution in [0.4, 0.5) is 4.39 Å². The van der Waals surface area contributed by atoms with Gasteiger partial charge in [-0.15, -0.1) is 0 Å². The number of pyridine rings is 1. The van der Waals surface area contributed by atoms with Gasteiger partial charge >= 0.3 is 5.97 Å². The maximum atomic E-state index is 13.6. The number of aliphatic hydroxyl groups is 2. The summed E-state index contributed by atoms with van der Waals surface area (Å²) in [6.07, 6.45) is 2.80. The molecule has 2 atom stereocenters. The summed E-state index contributed by atoms with van der Waals surface area (Å²) in [6.45, 7) is 0. The number of carboxylic acid groups (broad SMARTS) is 1. The lowest BCUT2D eigenvalue weighted by Crippen LogP contribution is -2.19. The van der Waals surface area contributed by atoms with E-state index in [0.29, 0.717) is 5.92 Å². The largest absolute Gasteiger partial charge is 0.481 e. The van der Waals surface area contributed by atoms with Crippen LogP contribution < -0.4 is 0 Å². The molecule has 1 heterocycles. The van der Waals surface area contributed by atoms with E-state index >= 15 is 0 Å². The van der Waals surface area contributed by atoms with Crippen molar-refractivity contribution in [2.45, 2.75) is 43.8 Å². The van der Waals surface area contributed by atoms with Crippen molar-refractivity contribution in [2.24, 2.45) is 0 Å². The lowest BCUT2D eigenvalue weighted by atomic mass is 9.92. The first-order valence-corrected chi connectivity index (χ1v) is 10.4. The highest BCUT2D eigenvalue weighted by Crippen LogP contribution is 2.45. The second-order valence-electron chi connectivity index (χ2n) is 8.00. The maximum Gasteiger partial charge on any atom is 0.305 e. The molecule has 2 aromatic carbocycles. The second-order valence-corrected chi connectivity index (χ2v) is 8.00. The van der Waals surface area contributed by atoms with Crippen molar-refractivity contribution in [2.75, 3.05) is 0 Å². The fourth-order valence-electron chi connectivity index (χ4n) is 3.86. The van der Waals surface area contributed by atoms with Crippen molar-refractivity contribution in [1.29, 1.82) is 0 Å². The molecule has 0 radical (unpaired) electrons. The molecule has 5 nitrogen and oxygen atoms in total. The molecule has 1 fully saturated rings. The fraction of sp³-hybridized carbons (Fsp3) is 0.280. The van der Waals surface area contributed by atoms with Crippen molar-refractivity contribution >= 4 is 22.9 Å². The number of rotatable bonds is 8. The Morgan fingerprint density at radius 1 is 1.13 bits per heavy atom. The number of hydrogen-bond donors (Lipinski definition) is 3. The fourth-order valence-corrected chi connectivity index (χ4v) is 3.86. The summed E-state index contributed by atoms with van der Waals surface area (Å²) in [7, 11) is 0. The first-order valence-electron chi connectivity index (χ1n) is 10.4. The standard InChI is InChI=1S/C25H24FNO4/c26-17-9-7-15(8-10-17)24-20-3-1-2-4-22(20)27-25(16-5-6-16)21(24)12-11-18(28)13-19(29)14-23(30)31/h1-4,7-12,16,18-19,28-29H,5-6,13-14H2,(H,30,31)/b12-11+/t18-,19?/m0/s1. The lowest BCUT2D eigenvalue weighted by molar-refractivity contribution is -0.139. The van der Waals surface area contributed by atoms with Crippen LogP contribution in [-0.2, 0) is 4.79 Å². The van der Waals surface area contributed by atoms with Gasteiger partial charge in [0.15, 0.2) is 0 Å². The third-order valence-electron chi connectivity index (χ3n) is 5.47. The topological polar surface area (TPSA) is 90.7 Å². The van der Waals surface area contributed by atoms with Crippen molar-refractivity contribution in [3.05, 3.63) is 71.7 Å². The summed E-state index contributed by atoms with van der Waals surface area (Å²) in [5.74, 6) is -1.10. The van der Waals surface area contributed by atoms with E-state index in [0.717, 1.165) is 46.1 Å². The van der Waals surface area contributed by atoms with Gasteiger partial charge in [-0.1, -0.05) is 42.5 Å². The van der Waals surface area contributed by atoms with Crippen LogP contribution in [0.15, 0.2) is 54.6 Å². The van der Waals surface area contributed by atoms with Gasteiger partial charge in [-0.3, -0.25) is 9.78 Å². The van der Waals surface area contributed by atoms with Gasteiger partial charge in [-0.2, -0.15) is 0 Å². The Kier molecular flexibility index (Phi) is 6.11. The van der Waals surface area contributed by atoms with E-state index in [4.69, 9.17) is 10.1 Å². The third kappa shape index (κ3) is 4.98. The third-order valence-corrected chi connectivity index (χ3v) is 5.47. The van der Waals surface area contributed by atoms with Gasteiger partial charge in [0.2, 0.25) is 0 Å². The Balaban J connectivity index is 1.79. The number of carbonyl (C=O) groups is 1. The summed E-state index contributed by atoms with van der Waals surface area (Å²) in [5, 5.41) is 29.9. The average molecular weight is 421 g/mol. The predicted molar refractivity (Wildman–Crippen MR) is 117 cm³/mol. The Labute approximate surface area is 179 Å². The molecule has 0 amide bonds. The van der Waals surface area contributed by atoms with E-state index in [9.17, 15) is 19.4 Å². The Morgan fingerprint density at radius 2 is 1.84 bits per heavy atom. The molecule has 160 valence electrons. The van der Waals surface area contributed by atoms with Crippen LogP contribution in [0, 0.1) is 5.82 Å². The Hall–Kier alpha value is -3.09. The zero-order chi connectivity index (χ0) is 22.0. The van der Waals surface area contributed by atoms with E-state index in [1.54, 1.807) is 24.3 Å². The van der Waals surface area contributed by atoms with Crippen LogP contribution in [0.1, 0.15) is 42.9 Å². The van der Waals surface area contributed by atoms with E-state index in [2.05, 4.69) is 0 Å². The molecule has 0 spiro atoms. The number of nitrogens with zero attached hydrogens (tertiary/aromatic N) is 1. The zero-order valence-corrected chi connectivity index (χ0v) is 16.9. The summed E-state index contributed by atoms with van der Waals surface area (Å²) >= 11 is 0. The molecule has 1 aromatic heterocycles. The molecule has 1 saturated carbocycles. The first-order chi connectivity index (χ1) is 14.9. The quantitative estimate of drug-likeness (QED) is 0.498. The van der Waals surface area contributed by atoms with Gasteiger partial charge < -0.3 is 15.3 Å². The normalized spacial score (nSPS) is 16.0. The SMILES string of the molecule is O=C(O)CC(O)C[C@@H](O)/C=C/c1c(C2CC2)nc2ccccc2c1-c1ccc(F)cc1. The van der Waals surface area contributed by atoms with Crippen molar-refractivity contribution in [3.63, 3.8) is 0 Å². The molecule has 3 aromatic rings. The van der Waals surface area contributed by atoms with E-state index in [-0.39, 0.29) is 12.2 Å². The number of aliphatic carboxylic acids is 1. The summed E-state index contributed by atoms with van der Waals surface area (Å²) < 4.78 is 13.6. The molecule has 1 aliphatic rings. The summed E-state index contributed by atoms with van der Waals surface area (Å²) in [6, 6.07) is 14.1. The number of fused-ring (bicyclic) bond motifs is 1. The van der Waals surface area contributed by atoms with E-state index < -0.39 is 24.6 Å². The minimum atomic E-state index is -1.13. The second kappa shape index (κ2) is 8.96. The molecule has 4 rings (SSSR count). The molecule has 0 saturated heterocycles. The van der Waals surface area contributed by atoms with Gasteiger partial charge in [0.05, 0.1) is 29.8 Å². The minimum absolute atomic E-state index is 0.0749. The Bertz CT molecular complexity index is 1120. The molecule has 0 aliphatic heterocycles. The number of carboxylic acids is 1. The van der Waals surface area contributed by atoms with Crippen LogP contribution in [0.3, 0.4) is 0 Å². The van der Waals surface area contributed by atoms with Gasteiger partial charge in [0, 0.05) is 28.9 Å². The number of aromatic nitrogens is 1. The van der Waals surface area contributed by atoms with Gasteiger partial charge in [0.25, 0.3) is 0 Å². The van der Waals surface area contributed by atoms with Crippen LogP contribution in [-0.4, -0.2) is 38.5 Å². The summed E-state index contributed by atoms with van der Waals surface area (Å²) in [4.78, 5) is 15.6. The highest BCUT2D eigenvalue weighted by Gasteiger charge is 2.29. The van der Waals surface area contributed by atoms with E-state index in [1.165, 1.54) is 12.1 Å². The van der Waals surface area contributed by atoms with Crippen LogP contribution >= 0.6 is 0 Å². The van der Waals surface area contributed by atoms with Gasteiger partial charge in [0.1, 0.15) is 5.82 Å². The van der Waals surface area contributed by atoms with Crippen LogP contribution in [0.25, 0.3) is 28.1 Å². The monoisotopic (exact) mass is 421 g/mol. The van der Waals surface area contributed by atoms with Crippen molar-refractivity contribution < 1.29 is 24.5 Å². The molecule has 3 N–H and O–H groups in total. The van der Waals surface area contributed by atoms with Crippen LogP contribution in [0.5, 0.6) is 0 Å². The van der Waals surface area contributed by atoms with E-state index in [1.807, 2.05) is 24.3 Å². The highest BCUT2D eigenvalue weighted by molar-refractivity contribution is 5.99. The zero-order valence-electron chi connectivity index (χ0n) is 16.9. The molecule has 1 unspecified atom stereocenters. The molecule has 0 bridgehead atoms. The molecular weight excluding hydrogens is 397 g/mol. The summed E-state index contributed by atoms with van der Waals surface area (Å²) in [5.41, 5.74) is 4.43. The molecule has 31 heavy (non-hydrogen) atoms. The molecular formula is C25H24FNO4. The average Bonchev–Trinajstić information content (AvgIpc) is 3.56. The van der Waals surface area contributed by atoms with Gasteiger partial charge in [-0.05, 0) is 36.6 Å². The molecule has 1 aliphatic carbocycles. The maximum absolute atomic E-state index is 13.6. The Morgan fingerprint density at radius 3 is 2.52 bits per heavy atom. The minimum Gasteiger partial charge on any atom is -0.481 e. The smallest absolute Gasteiger partial charge is 0.305 e.